The van der Waals surface area contributed by atoms with Crippen molar-refractivity contribution in [3.63, 3.8) is 0 Å². The van der Waals surface area contributed by atoms with Crippen molar-refractivity contribution in [2.45, 2.75) is 70.4 Å². The Morgan fingerprint density at radius 2 is 2.24 bits per heavy atom. The van der Waals surface area contributed by atoms with Crippen molar-refractivity contribution in [3.8, 4) is 0 Å². The Bertz CT molecular complexity index is 326. The van der Waals surface area contributed by atoms with Gasteiger partial charge in [-0.1, -0.05) is 32.6 Å². The van der Waals surface area contributed by atoms with E-state index in [2.05, 4.69) is 29.0 Å². The predicted molar refractivity (Wildman–Crippen MR) is 70.9 cm³/mol. The molecule has 3 nitrogen and oxygen atoms in total. The number of aromatic nitrogens is 2. The molecule has 0 aromatic carbocycles. The van der Waals surface area contributed by atoms with Gasteiger partial charge in [0.1, 0.15) is 0 Å². The van der Waals surface area contributed by atoms with Gasteiger partial charge in [0.2, 0.25) is 0 Å². The Balaban J connectivity index is 1.84. The van der Waals surface area contributed by atoms with Gasteiger partial charge in [-0.3, -0.25) is 4.68 Å². The van der Waals surface area contributed by atoms with E-state index in [0.717, 1.165) is 12.8 Å². The molecule has 1 aromatic heterocycles. The van der Waals surface area contributed by atoms with E-state index in [-0.39, 0.29) is 6.04 Å². The fourth-order valence-corrected chi connectivity index (χ4v) is 2.70. The standard InChI is InChI=1S/C14H25N3/c1-2-3-6-12(15)11-13-9-10-17(16-13)14-7-4-5-8-14/h9-10,12,14H,2-8,11,15H2,1H3. The average Bonchev–Trinajstić information content (AvgIpc) is 2.95. The van der Waals surface area contributed by atoms with E-state index >= 15 is 0 Å². The zero-order valence-corrected chi connectivity index (χ0v) is 10.9. The molecule has 1 aliphatic carbocycles. The molecule has 1 unspecified atom stereocenters. The van der Waals surface area contributed by atoms with Crippen molar-refractivity contribution in [2.24, 2.45) is 5.73 Å². The SMILES string of the molecule is CCCCC(N)Cc1ccn(C2CCCC2)n1. The summed E-state index contributed by atoms with van der Waals surface area (Å²) in [4.78, 5) is 0. The summed E-state index contributed by atoms with van der Waals surface area (Å²) in [5, 5.41) is 4.68. The molecule has 0 spiro atoms. The summed E-state index contributed by atoms with van der Waals surface area (Å²) in [5.41, 5.74) is 7.27. The van der Waals surface area contributed by atoms with Gasteiger partial charge in [0.25, 0.3) is 0 Å². The molecule has 96 valence electrons. The monoisotopic (exact) mass is 235 g/mol. The molecule has 1 saturated carbocycles. The first-order valence-corrected chi connectivity index (χ1v) is 7.09. The minimum Gasteiger partial charge on any atom is -0.327 e. The largest absolute Gasteiger partial charge is 0.327 e. The van der Waals surface area contributed by atoms with Crippen LogP contribution in [-0.2, 0) is 6.42 Å². The van der Waals surface area contributed by atoms with Crippen molar-refractivity contribution >= 4 is 0 Å². The summed E-state index contributed by atoms with van der Waals surface area (Å²) in [7, 11) is 0. The summed E-state index contributed by atoms with van der Waals surface area (Å²) in [6.45, 7) is 2.21. The Labute approximate surface area is 104 Å². The number of hydrogen-bond donors (Lipinski definition) is 1. The molecule has 0 bridgehead atoms. The molecule has 1 aromatic rings. The smallest absolute Gasteiger partial charge is 0.0640 e. The van der Waals surface area contributed by atoms with Crippen LogP contribution in [0.1, 0.15) is 63.6 Å². The van der Waals surface area contributed by atoms with E-state index < -0.39 is 0 Å². The molecule has 17 heavy (non-hydrogen) atoms. The number of nitrogens with two attached hydrogens (primary N) is 1. The first-order chi connectivity index (χ1) is 8.29. The quantitative estimate of drug-likeness (QED) is 0.823. The third-order valence-corrected chi connectivity index (χ3v) is 3.76. The molecule has 2 N–H and O–H groups in total. The van der Waals surface area contributed by atoms with Crippen LogP contribution in [0.2, 0.25) is 0 Å². The van der Waals surface area contributed by atoms with Gasteiger partial charge in [0, 0.05) is 18.7 Å². The molecular weight excluding hydrogens is 210 g/mol. The minimum atomic E-state index is 0.280. The van der Waals surface area contributed by atoms with Crippen LogP contribution in [0, 0.1) is 0 Å². The van der Waals surface area contributed by atoms with E-state index in [4.69, 9.17) is 5.73 Å². The van der Waals surface area contributed by atoms with Crippen molar-refractivity contribution in [3.05, 3.63) is 18.0 Å². The summed E-state index contributed by atoms with van der Waals surface area (Å²) in [6, 6.07) is 3.07. The Morgan fingerprint density at radius 1 is 1.47 bits per heavy atom. The zero-order chi connectivity index (χ0) is 12.1. The number of nitrogens with zero attached hydrogens (tertiary/aromatic N) is 2. The third kappa shape index (κ3) is 3.56. The molecule has 1 heterocycles. The van der Waals surface area contributed by atoms with Gasteiger partial charge in [0.15, 0.2) is 0 Å². The van der Waals surface area contributed by atoms with Gasteiger partial charge >= 0.3 is 0 Å². The summed E-state index contributed by atoms with van der Waals surface area (Å²) >= 11 is 0. The molecule has 1 fully saturated rings. The van der Waals surface area contributed by atoms with Gasteiger partial charge in [-0.25, -0.2) is 0 Å². The first-order valence-electron chi connectivity index (χ1n) is 7.09. The van der Waals surface area contributed by atoms with Crippen LogP contribution < -0.4 is 5.73 Å². The van der Waals surface area contributed by atoms with E-state index in [1.807, 2.05) is 0 Å². The lowest BCUT2D eigenvalue weighted by atomic mass is 10.1. The second-order valence-corrected chi connectivity index (χ2v) is 5.33. The average molecular weight is 235 g/mol. The van der Waals surface area contributed by atoms with Gasteiger partial charge < -0.3 is 5.73 Å². The molecule has 0 radical (unpaired) electrons. The van der Waals surface area contributed by atoms with E-state index in [1.54, 1.807) is 0 Å². The zero-order valence-electron chi connectivity index (χ0n) is 10.9. The number of rotatable bonds is 6. The van der Waals surface area contributed by atoms with E-state index in [0.29, 0.717) is 6.04 Å². The lowest BCUT2D eigenvalue weighted by Crippen LogP contribution is -2.23. The van der Waals surface area contributed by atoms with Gasteiger partial charge in [-0.2, -0.15) is 5.10 Å². The predicted octanol–water partition coefficient (Wildman–Crippen LogP) is 3.06. The van der Waals surface area contributed by atoms with Crippen LogP contribution in [0.5, 0.6) is 0 Å². The van der Waals surface area contributed by atoms with Crippen molar-refractivity contribution < 1.29 is 0 Å². The van der Waals surface area contributed by atoms with Gasteiger partial charge in [-0.15, -0.1) is 0 Å². The number of unbranched alkanes of at least 4 members (excludes halogenated alkanes) is 1. The highest BCUT2D eigenvalue weighted by molar-refractivity contribution is 5.02. The highest BCUT2D eigenvalue weighted by atomic mass is 15.3. The molecule has 0 amide bonds. The molecular formula is C14H25N3. The molecule has 3 heteroatoms. The minimum absolute atomic E-state index is 0.280. The summed E-state index contributed by atoms with van der Waals surface area (Å²) < 4.78 is 2.16. The fourth-order valence-electron chi connectivity index (χ4n) is 2.70. The number of hydrogen-bond acceptors (Lipinski definition) is 2. The van der Waals surface area contributed by atoms with Crippen molar-refractivity contribution in [1.29, 1.82) is 0 Å². The maximum absolute atomic E-state index is 6.11. The van der Waals surface area contributed by atoms with Crippen LogP contribution in [0.3, 0.4) is 0 Å². The lowest BCUT2D eigenvalue weighted by Gasteiger charge is -2.10. The lowest BCUT2D eigenvalue weighted by molar-refractivity contribution is 0.459. The van der Waals surface area contributed by atoms with Crippen LogP contribution in [-0.4, -0.2) is 15.8 Å². The van der Waals surface area contributed by atoms with Crippen molar-refractivity contribution in [1.82, 2.24) is 9.78 Å². The molecule has 1 atom stereocenters. The van der Waals surface area contributed by atoms with Crippen LogP contribution >= 0.6 is 0 Å². The van der Waals surface area contributed by atoms with E-state index in [1.165, 1.54) is 44.2 Å². The van der Waals surface area contributed by atoms with Crippen LogP contribution in [0.4, 0.5) is 0 Å². The Hall–Kier alpha value is -0.830. The second-order valence-electron chi connectivity index (χ2n) is 5.33. The van der Waals surface area contributed by atoms with Gasteiger partial charge in [-0.05, 0) is 25.3 Å². The molecule has 1 aliphatic rings. The van der Waals surface area contributed by atoms with Crippen LogP contribution in [0.15, 0.2) is 12.3 Å². The topological polar surface area (TPSA) is 43.8 Å². The molecule has 0 aliphatic heterocycles. The summed E-state index contributed by atoms with van der Waals surface area (Å²) in [6.07, 6.45) is 11.9. The third-order valence-electron chi connectivity index (χ3n) is 3.76. The maximum atomic E-state index is 6.11. The van der Waals surface area contributed by atoms with Gasteiger partial charge in [0.05, 0.1) is 11.7 Å². The molecule has 0 saturated heterocycles. The fraction of sp³-hybridized carbons (Fsp3) is 0.786. The second kappa shape index (κ2) is 6.20. The highest BCUT2D eigenvalue weighted by Crippen LogP contribution is 2.28. The Morgan fingerprint density at radius 3 is 2.94 bits per heavy atom. The van der Waals surface area contributed by atoms with Crippen LogP contribution in [0.25, 0.3) is 0 Å². The maximum Gasteiger partial charge on any atom is 0.0640 e. The highest BCUT2D eigenvalue weighted by Gasteiger charge is 2.17. The Kier molecular flexibility index (Phi) is 4.60. The normalized spacial score (nSPS) is 18.7. The van der Waals surface area contributed by atoms with Crippen molar-refractivity contribution in [2.75, 3.05) is 0 Å². The van der Waals surface area contributed by atoms with E-state index in [9.17, 15) is 0 Å². The summed E-state index contributed by atoms with van der Waals surface area (Å²) in [5.74, 6) is 0. The first kappa shape index (κ1) is 12.6. The molecule has 2 rings (SSSR count).